The van der Waals surface area contributed by atoms with Crippen molar-refractivity contribution in [3.63, 3.8) is 0 Å². The van der Waals surface area contributed by atoms with E-state index < -0.39 is 0 Å². The summed E-state index contributed by atoms with van der Waals surface area (Å²) < 4.78 is 0. The van der Waals surface area contributed by atoms with Gasteiger partial charge in [0.05, 0.1) is 0 Å². The van der Waals surface area contributed by atoms with Crippen molar-refractivity contribution >= 4 is 5.69 Å². The number of hydrogen-bond acceptors (Lipinski definition) is 1. The highest BCUT2D eigenvalue weighted by Gasteiger charge is 2.25. The fourth-order valence-electron chi connectivity index (χ4n) is 3.80. The predicted octanol–water partition coefficient (Wildman–Crippen LogP) is 6.66. The fraction of sp³-hybridized carbons (Fsp3) is 0.500. The lowest BCUT2D eigenvalue weighted by molar-refractivity contribution is 0.438. The van der Waals surface area contributed by atoms with Gasteiger partial charge < -0.3 is 4.90 Å². The Labute approximate surface area is 155 Å². The van der Waals surface area contributed by atoms with Crippen LogP contribution in [0.5, 0.6) is 0 Å². The van der Waals surface area contributed by atoms with Gasteiger partial charge in [0, 0.05) is 19.8 Å². The van der Waals surface area contributed by atoms with Crippen molar-refractivity contribution in [3.8, 4) is 0 Å². The number of benzene rings is 2. The Morgan fingerprint density at radius 1 is 0.920 bits per heavy atom. The van der Waals surface area contributed by atoms with Crippen molar-refractivity contribution in [2.45, 2.75) is 65.2 Å². The van der Waals surface area contributed by atoms with Gasteiger partial charge in [-0.25, -0.2) is 0 Å². The minimum atomic E-state index is 0.156. The number of rotatable bonds is 6. The first-order valence-corrected chi connectivity index (χ1v) is 9.50. The molecular formula is C24H35N. The molecule has 0 spiro atoms. The van der Waals surface area contributed by atoms with E-state index in [2.05, 4.69) is 103 Å². The van der Waals surface area contributed by atoms with Crippen LogP contribution in [0.15, 0.2) is 42.5 Å². The molecule has 0 saturated carbocycles. The van der Waals surface area contributed by atoms with Crippen molar-refractivity contribution < 1.29 is 0 Å². The first-order chi connectivity index (χ1) is 11.6. The van der Waals surface area contributed by atoms with Crippen molar-refractivity contribution in [2.24, 2.45) is 0 Å². The van der Waals surface area contributed by atoms with Crippen LogP contribution in [0.3, 0.4) is 0 Å². The fourth-order valence-corrected chi connectivity index (χ4v) is 3.80. The number of anilines is 1. The third-order valence-corrected chi connectivity index (χ3v) is 5.42. The molecule has 1 heteroatoms. The molecule has 0 aromatic heterocycles. The van der Waals surface area contributed by atoms with E-state index in [9.17, 15) is 0 Å². The van der Waals surface area contributed by atoms with E-state index in [1.807, 2.05) is 0 Å². The molecule has 1 nitrogen and oxygen atoms in total. The molecule has 0 fully saturated rings. The highest BCUT2D eigenvalue weighted by atomic mass is 15.1. The van der Waals surface area contributed by atoms with Gasteiger partial charge in [0.25, 0.3) is 0 Å². The van der Waals surface area contributed by atoms with Gasteiger partial charge in [-0.2, -0.15) is 0 Å². The lowest BCUT2D eigenvalue weighted by Gasteiger charge is -2.30. The Hall–Kier alpha value is -1.76. The standard InChI is InChI=1S/C24H35N/c1-17(2)20-10-9-11-21(15-20)19(4)16-24(5,6)22-12-13-23(25(7)8)18(3)14-22/h9-15,17,19H,16H2,1-8H3. The Morgan fingerprint density at radius 3 is 2.12 bits per heavy atom. The molecule has 0 amide bonds. The van der Waals surface area contributed by atoms with Crippen molar-refractivity contribution in [2.75, 3.05) is 19.0 Å². The molecule has 2 aromatic carbocycles. The van der Waals surface area contributed by atoms with Gasteiger partial charge in [-0.05, 0) is 58.9 Å². The second kappa shape index (κ2) is 7.64. The van der Waals surface area contributed by atoms with Gasteiger partial charge in [0.15, 0.2) is 0 Å². The number of nitrogens with zero attached hydrogens (tertiary/aromatic N) is 1. The van der Waals surface area contributed by atoms with Crippen LogP contribution in [0.1, 0.15) is 75.1 Å². The van der Waals surface area contributed by atoms with Crippen LogP contribution in [0, 0.1) is 6.92 Å². The van der Waals surface area contributed by atoms with Gasteiger partial charge in [0.2, 0.25) is 0 Å². The summed E-state index contributed by atoms with van der Waals surface area (Å²) in [5, 5.41) is 0. The summed E-state index contributed by atoms with van der Waals surface area (Å²) in [7, 11) is 4.22. The smallest absolute Gasteiger partial charge is 0.0390 e. The maximum Gasteiger partial charge on any atom is 0.0390 e. The monoisotopic (exact) mass is 337 g/mol. The zero-order valence-corrected chi connectivity index (χ0v) is 17.4. The Balaban J connectivity index is 2.23. The zero-order chi connectivity index (χ0) is 18.8. The molecule has 2 aromatic rings. The molecule has 0 bridgehead atoms. The van der Waals surface area contributed by atoms with E-state index in [0.717, 1.165) is 6.42 Å². The SMILES string of the molecule is Cc1cc(C(C)(C)CC(C)c2cccc(C(C)C)c2)ccc1N(C)C. The minimum absolute atomic E-state index is 0.156. The number of aryl methyl sites for hydroxylation is 1. The van der Waals surface area contributed by atoms with E-state index >= 15 is 0 Å². The van der Waals surface area contributed by atoms with Gasteiger partial charge in [-0.1, -0.05) is 71.0 Å². The molecule has 0 heterocycles. The lowest BCUT2D eigenvalue weighted by Crippen LogP contribution is -2.21. The van der Waals surface area contributed by atoms with Gasteiger partial charge in [-0.15, -0.1) is 0 Å². The summed E-state index contributed by atoms with van der Waals surface area (Å²) >= 11 is 0. The molecule has 0 aliphatic carbocycles. The van der Waals surface area contributed by atoms with Gasteiger partial charge >= 0.3 is 0 Å². The van der Waals surface area contributed by atoms with Gasteiger partial charge in [-0.3, -0.25) is 0 Å². The van der Waals surface area contributed by atoms with Crippen LogP contribution in [0.4, 0.5) is 5.69 Å². The van der Waals surface area contributed by atoms with Crippen molar-refractivity contribution in [3.05, 3.63) is 64.7 Å². The van der Waals surface area contributed by atoms with E-state index in [0.29, 0.717) is 11.8 Å². The second-order valence-corrected chi connectivity index (χ2v) is 8.71. The zero-order valence-electron chi connectivity index (χ0n) is 17.4. The Kier molecular flexibility index (Phi) is 5.98. The van der Waals surface area contributed by atoms with E-state index in [1.54, 1.807) is 0 Å². The summed E-state index contributed by atoms with van der Waals surface area (Å²) in [6, 6.07) is 16.1. The summed E-state index contributed by atoms with van der Waals surface area (Å²) in [5.41, 5.74) is 7.14. The molecule has 0 aliphatic rings. The van der Waals surface area contributed by atoms with Crippen LogP contribution in [-0.2, 0) is 5.41 Å². The molecule has 0 radical (unpaired) electrons. The summed E-state index contributed by atoms with van der Waals surface area (Å²) in [6.07, 6.45) is 1.15. The van der Waals surface area contributed by atoms with E-state index in [1.165, 1.54) is 27.9 Å². The summed E-state index contributed by atoms with van der Waals surface area (Å²) in [5.74, 6) is 1.13. The molecule has 0 saturated heterocycles. The van der Waals surface area contributed by atoms with Crippen LogP contribution < -0.4 is 4.90 Å². The average Bonchev–Trinajstić information content (AvgIpc) is 2.54. The molecular weight excluding hydrogens is 302 g/mol. The molecule has 1 atom stereocenters. The first-order valence-electron chi connectivity index (χ1n) is 9.50. The molecule has 25 heavy (non-hydrogen) atoms. The van der Waals surface area contributed by atoms with Crippen molar-refractivity contribution in [1.29, 1.82) is 0 Å². The van der Waals surface area contributed by atoms with Crippen LogP contribution in [-0.4, -0.2) is 14.1 Å². The largest absolute Gasteiger partial charge is 0.377 e. The Morgan fingerprint density at radius 2 is 1.56 bits per heavy atom. The molecule has 0 aliphatic heterocycles. The highest BCUT2D eigenvalue weighted by molar-refractivity contribution is 5.54. The third kappa shape index (κ3) is 4.66. The normalized spacial score (nSPS) is 13.2. The predicted molar refractivity (Wildman–Crippen MR) is 112 cm³/mol. The average molecular weight is 338 g/mol. The van der Waals surface area contributed by atoms with Crippen LogP contribution in [0.25, 0.3) is 0 Å². The summed E-state index contributed by atoms with van der Waals surface area (Å²) in [4.78, 5) is 2.19. The van der Waals surface area contributed by atoms with Crippen molar-refractivity contribution in [1.82, 2.24) is 0 Å². The van der Waals surface area contributed by atoms with E-state index in [4.69, 9.17) is 0 Å². The maximum absolute atomic E-state index is 2.39. The molecule has 2 rings (SSSR count). The molecule has 0 N–H and O–H groups in total. The lowest BCUT2D eigenvalue weighted by atomic mass is 9.75. The van der Waals surface area contributed by atoms with Gasteiger partial charge in [0.1, 0.15) is 0 Å². The third-order valence-electron chi connectivity index (χ3n) is 5.42. The quantitative estimate of drug-likeness (QED) is 0.570. The van der Waals surface area contributed by atoms with E-state index in [-0.39, 0.29) is 5.41 Å². The summed E-state index contributed by atoms with van der Waals surface area (Å²) in [6.45, 7) is 13.9. The maximum atomic E-state index is 2.39. The highest BCUT2D eigenvalue weighted by Crippen LogP contribution is 2.36. The van der Waals surface area contributed by atoms with Crippen LogP contribution in [0.2, 0.25) is 0 Å². The second-order valence-electron chi connectivity index (χ2n) is 8.71. The topological polar surface area (TPSA) is 3.24 Å². The van der Waals surface area contributed by atoms with Crippen LogP contribution >= 0.6 is 0 Å². The molecule has 1 unspecified atom stereocenters. The number of hydrogen-bond donors (Lipinski definition) is 0. The molecule has 136 valence electrons. The minimum Gasteiger partial charge on any atom is -0.377 e. The Bertz CT molecular complexity index is 710. The first kappa shape index (κ1) is 19.6.